The van der Waals surface area contributed by atoms with Crippen molar-refractivity contribution in [2.45, 2.75) is 20.4 Å². The van der Waals surface area contributed by atoms with Gasteiger partial charge in [-0.15, -0.1) is 11.3 Å². The molecule has 0 bridgehead atoms. The van der Waals surface area contributed by atoms with Gasteiger partial charge in [0.05, 0.1) is 25.1 Å². The summed E-state index contributed by atoms with van der Waals surface area (Å²) in [6.07, 6.45) is 0. The molecule has 0 aromatic carbocycles. The highest BCUT2D eigenvalue weighted by Crippen LogP contribution is 2.35. The Morgan fingerprint density at radius 2 is 1.76 bits per heavy atom. The number of amides is 2. The summed E-state index contributed by atoms with van der Waals surface area (Å²) in [4.78, 5) is 32.8. The van der Waals surface area contributed by atoms with Crippen LogP contribution in [0.3, 0.4) is 0 Å². The van der Waals surface area contributed by atoms with E-state index in [2.05, 4.69) is 23.6 Å². The zero-order chi connectivity index (χ0) is 20.5. The van der Waals surface area contributed by atoms with Crippen LogP contribution in [-0.2, 0) is 11.3 Å². The molecule has 0 radical (unpaired) electrons. The molecule has 2 fully saturated rings. The van der Waals surface area contributed by atoms with Gasteiger partial charge in [-0.1, -0.05) is 0 Å². The summed E-state index contributed by atoms with van der Waals surface area (Å²) in [5.74, 6) is 1.90. The first kappa shape index (κ1) is 20.3. The minimum atomic E-state index is 0.0769. The molecular weight excluding hydrogens is 388 g/mol. The van der Waals surface area contributed by atoms with Crippen LogP contribution in [0, 0.1) is 13.8 Å². The zero-order valence-electron chi connectivity index (χ0n) is 17.8. The van der Waals surface area contributed by atoms with E-state index in [4.69, 9.17) is 14.7 Å². The highest BCUT2D eigenvalue weighted by molar-refractivity contribution is 7.18. The third kappa shape index (κ3) is 4.17. The number of thiophene rings is 1. The van der Waals surface area contributed by atoms with Crippen LogP contribution in [0.25, 0.3) is 10.2 Å². The maximum Gasteiger partial charge on any atom is 0.319 e. The van der Waals surface area contributed by atoms with Gasteiger partial charge in [-0.3, -0.25) is 4.90 Å². The van der Waals surface area contributed by atoms with Gasteiger partial charge in [0, 0.05) is 58.2 Å². The number of carbonyl (C=O) groups excluding carboxylic acids is 1. The van der Waals surface area contributed by atoms with Crippen molar-refractivity contribution < 1.29 is 9.53 Å². The number of hydrogen-bond donors (Lipinski definition) is 0. The van der Waals surface area contributed by atoms with Crippen LogP contribution in [0.1, 0.15) is 16.3 Å². The largest absolute Gasteiger partial charge is 0.379 e. The molecule has 0 N–H and O–H groups in total. The molecule has 0 unspecified atom stereocenters. The van der Waals surface area contributed by atoms with Gasteiger partial charge in [0.1, 0.15) is 16.5 Å². The summed E-state index contributed by atoms with van der Waals surface area (Å²) in [7, 11) is 3.61. The maximum absolute atomic E-state index is 12.3. The molecular formula is C20H30N6O2S. The van der Waals surface area contributed by atoms with Gasteiger partial charge in [0.15, 0.2) is 0 Å². The standard InChI is InChI=1S/C20H30N6O2S/c1-14-15(2)29-19-17(14)18(21-16(22-19)13-24-9-11-28-12-10-24)25-5-7-26(8-6-25)20(27)23(3)4/h5-13H2,1-4H3. The average molecular weight is 419 g/mol. The molecule has 0 atom stereocenters. The number of fused-ring (bicyclic) bond motifs is 1. The number of aryl methyl sites for hydroxylation is 2. The number of rotatable bonds is 3. The molecule has 29 heavy (non-hydrogen) atoms. The van der Waals surface area contributed by atoms with Gasteiger partial charge < -0.3 is 19.4 Å². The lowest BCUT2D eigenvalue weighted by Crippen LogP contribution is -2.51. The average Bonchev–Trinajstić information content (AvgIpc) is 3.01. The molecule has 2 aromatic heterocycles. The van der Waals surface area contributed by atoms with Crippen molar-refractivity contribution in [3.63, 3.8) is 0 Å². The number of nitrogens with zero attached hydrogens (tertiary/aromatic N) is 6. The second-order valence-corrected chi connectivity index (χ2v) is 9.17. The van der Waals surface area contributed by atoms with E-state index in [1.165, 1.54) is 15.8 Å². The number of urea groups is 1. The zero-order valence-corrected chi connectivity index (χ0v) is 18.6. The van der Waals surface area contributed by atoms with E-state index in [0.29, 0.717) is 13.1 Å². The van der Waals surface area contributed by atoms with Crippen molar-refractivity contribution in [1.29, 1.82) is 0 Å². The molecule has 4 rings (SSSR count). The van der Waals surface area contributed by atoms with Crippen LogP contribution < -0.4 is 4.90 Å². The molecule has 8 nitrogen and oxygen atoms in total. The van der Waals surface area contributed by atoms with E-state index in [-0.39, 0.29) is 6.03 Å². The summed E-state index contributed by atoms with van der Waals surface area (Å²) < 4.78 is 5.47. The Morgan fingerprint density at radius 3 is 2.41 bits per heavy atom. The highest BCUT2D eigenvalue weighted by Gasteiger charge is 2.26. The van der Waals surface area contributed by atoms with E-state index in [1.54, 1.807) is 30.3 Å². The molecule has 2 aliphatic heterocycles. The number of carbonyl (C=O) groups is 1. The lowest BCUT2D eigenvalue weighted by atomic mass is 10.2. The number of hydrogen-bond acceptors (Lipinski definition) is 7. The fraction of sp³-hybridized carbons (Fsp3) is 0.650. The molecule has 0 aliphatic carbocycles. The minimum absolute atomic E-state index is 0.0769. The summed E-state index contributed by atoms with van der Waals surface area (Å²) >= 11 is 1.75. The maximum atomic E-state index is 12.3. The summed E-state index contributed by atoms with van der Waals surface area (Å²) in [6.45, 7) is 11.5. The number of anilines is 1. The molecule has 2 saturated heterocycles. The first-order valence-corrected chi connectivity index (χ1v) is 11.0. The predicted octanol–water partition coefficient (Wildman–Crippen LogP) is 1.94. The SMILES string of the molecule is Cc1sc2nc(CN3CCOCC3)nc(N3CCN(C(=O)N(C)C)CC3)c2c1C. The van der Waals surface area contributed by atoms with E-state index >= 15 is 0 Å². The van der Waals surface area contributed by atoms with Gasteiger partial charge in [-0.05, 0) is 19.4 Å². The Hall–Kier alpha value is -1.97. The first-order valence-electron chi connectivity index (χ1n) is 10.2. The van der Waals surface area contributed by atoms with Crippen LogP contribution >= 0.6 is 11.3 Å². The van der Waals surface area contributed by atoms with Crippen molar-refractivity contribution in [3.8, 4) is 0 Å². The number of ether oxygens (including phenoxy) is 1. The Labute approximate surface area is 176 Å². The predicted molar refractivity (Wildman–Crippen MR) is 116 cm³/mol. The van der Waals surface area contributed by atoms with Crippen LogP contribution in [-0.4, -0.2) is 97.3 Å². The van der Waals surface area contributed by atoms with Crippen LogP contribution in [0.15, 0.2) is 0 Å². The Balaban J connectivity index is 1.61. The second-order valence-electron chi connectivity index (χ2n) is 7.97. The van der Waals surface area contributed by atoms with Crippen LogP contribution in [0.2, 0.25) is 0 Å². The molecule has 2 aliphatic rings. The molecule has 158 valence electrons. The highest BCUT2D eigenvalue weighted by atomic mass is 32.1. The van der Waals surface area contributed by atoms with Crippen molar-refractivity contribution in [2.24, 2.45) is 0 Å². The Bertz CT molecular complexity index is 885. The van der Waals surface area contributed by atoms with Gasteiger partial charge in [0.25, 0.3) is 0 Å². The molecule has 4 heterocycles. The van der Waals surface area contributed by atoms with Gasteiger partial charge in [-0.25, -0.2) is 14.8 Å². The normalized spacial score (nSPS) is 18.5. The number of aromatic nitrogens is 2. The van der Waals surface area contributed by atoms with E-state index in [9.17, 15) is 4.79 Å². The smallest absolute Gasteiger partial charge is 0.319 e. The van der Waals surface area contributed by atoms with E-state index in [0.717, 1.165) is 62.4 Å². The lowest BCUT2D eigenvalue weighted by Gasteiger charge is -2.37. The molecule has 2 amide bonds. The quantitative estimate of drug-likeness (QED) is 0.759. The van der Waals surface area contributed by atoms with Crippen molar-refractivity contribution in [1.82, 2.24) is 24.7 Å². The Morgan fingerprint density at radius 1 is 1.07 bits per heavy atom. The Kier molecular flexibility index (Phi) is 5.89. The summed E-state index contributed by atoms with van der Waals surface area (Å²) in [6, 6.07) is 0.0769. The summed E-state index contributed by atoms with van der Waals surface area (Å²) in [5.41, 5.74) is 1.27. The first-order chi connectivity index (χ1) is 13.9. The van der Waals surface area contributed by atoms with Gasteiger partial charge in [0.2, 0.25) is 0 Å². The minimum Gasteiger partial charge on any atom is -0.379 e. The summed E-state index contributed by atoms with van der Waals surface area (Å²) in [5, 5.41) is 1.17. The second kappa shape index (κ2) is 8.41. The van der Waals surface area contributed by atoms with Crippen molar-refractivity contribution in [3.05, 3.63) is 16.3 Å². The third-order valence-electron chi connectivity index (χ3n) is 5.76. The molecule has 0 saturated carbocycles. The molecule has 2 aromatic rings. The third-order valence-corrected chi connectivity index (χ3v) is 6.86. The van der Waals surface area contributed by atoms with E-state index in [1.807, 2.05) is 4.90 Å². The number of piperazine rings is 1. The van der Waals surface area contributed by atoms with Gasteiger partial charge in [-0.2, -0.15) is 0 Å². The lowest BCUT2D eigenvalue weighted by molar-refractivity contribution is 0.0331. The van der Waals surface area contributed by atoms with Gasteiger partial charge >= 0.3 is 6.03 Å². The van der Waals surface area contributed by atoms with Crippen molar-refractivity contribution in [2.75, 3.05) is 71.5 Å². The van der Waals surface area contributed by atoms with Crippen LogP contribution in [0.4, 0.5) is 10.6 Å². The fourth-order valence-corrected chi connectivity index (χ4v) is 4.97. The molecule has 9 heteroatoms. The monoisotopic (exact) mass is 418 g/mol. The van der Waals surface area contributed by atoms with Crippen LogP contribution in [0.5, 0.6) is 0 Å². The van der Waals surface area contributed by atoms with E-state index < -0.39 is 0 Å². The van der Waals surface area contributed by atoms with Crippen molar-refractivity contribution >= 4 is 33.4 Å². The molecule has 0 spiro atoms. The number of morpholine rings is 1. The topological polar surface area (TPSA) is 65.0 Å². The fourth-order valence-electron chi connectivity index (χ4n) is 3.92.